The van der Waals surface area contributed by atoms with Gasteiger partial charge in [-0.2, -0.15) is 0 Å². The lowest BCUT2D eigenvalue weighted by Crippen LogP contribution is -2.32. The molecule has 2 aliphatic rings. The molecule has 0 amide bonds. The molecular formula is C15H19NO3. The molecule has 1 spiro atoms. The Morgan fingerprint density at radius 1 is 1.37 bits per heavy atom. The van der Waals surface area contributed by atoms with Crippen LogP contribution in [0.1, 0.15) is 33.6 Å². The van der Waals surface area contributed by atoms with Gasteiger partial charge in [0.1, 0.15) is 0 Å². The fraction of sp³-hybridized carbons (Fsp3) is 0.467. The summed E-state index contributed by atoms with van der Waals surface area (Å²) in [6, 6.07) is 0. The molecule has 0 saturated carbocycles. The predicted molar refractivity (Wildman–Crippen MR) is 72.5 cm³/mol. The average molecular weight is 261 g/mol. The van der Waals surface area contributed by atoms with E-state index < -0.39 is 11.4 Å². The smallest absolute Gasteiger partial charge is 0.333 e. The summed E-state index contributed by atoms with van der Waals surface area (Å²) in [6.07, 6.45) is 7.89. The summed E-state index contributed by atoms with van der Waals surface area (Å²) in [5.41, 5.74) is 0.420. The summed E-state index contributed by atoms with van der Waals surface area (Å²) in [6.45, 7) is 5.91. The van der Waals surface area contributed by atoms with Gasteiger partial charge in [-0.05, 0) is 38.8 Å². The first kappa shape index (κ1) is 13.6. The standard InChI is InChI=1S/C15H19NO3/c1-4-11(13(18)19)12-15(9-14(2,3)16-12)7-5-10(17)6-8-15/h5-8,16H,4,9H2,1-3H3,(H,18,19). The molecule has 2 rings (SSSR count). The van der Waals surface area contributed by atoms with Gasteiger partial charge in [0.05, 0.1) is 5.57 Å². The zero-order valence-electron chi connectivity index (χ0n) is 11.5. The highest BCUT2D eigenvalue weighted by Crippen LogP contribution is 2.47. The molecule has 0 aromatic carbocycles. The van der Waals surface area contributed by atoms with Crippen LogP contribution in [0.5, 0.6) is 0 Å². The number of rotatable bonds is 2. The number of allylic oxidation sites excluding steroid dienone is 3. The first-order valence-electron chi connectivity index (χ1n) is 6.47. The molecule has 0 aromatic rings. The molecule has 0 bridgehead atoms. The van der Waals surface area contributed by atoms with Gasteiger partial charge in [-0.15, -0.1) is 0 Å². The van der Waals surface area contributed by atoms with E-state index in [1.807, 2.05) is 32.9 Å². The first-order valence-corrected chi connectivity index (χ1v) is 6.47. The number of carboxylic acid groups (broad SMARTS) is 1. The van der Waals surface area contributed by atoms with Crippen LogP contribution in [0, 0.1) is 5.41 Å². The van der Waals surface area contributed by atoms with Crippen molar-refractivity contribution in [2.75, 3.05) is 0 Å². The molecule has 1 heterocycles. The lowest BCUT2D eigenvalue weighted by Gasteiger charge is -2.26. The van der Waals surface area contributed by atoms with Gasteiger partial charge in [-0.3, -0.25) is 4.79 Å². The Balaban J connectivity index is 2.58. The summed E-state index contributed by atoms with van der Waals surface area (Å²) in [4.78, 5) is 22.7. The minimum atomic E-state index is -0.902. The van der Waals surface area contributed by atoms with Crippen molar-refractivity contribution in [1.29, 1.82) is 0 Å². The third-order valence-electron chi connectivity index (χ3n) is 3.67. The van der Waals surface area contributed by atoms with E-state index in [0.29, 0.717) is 17.7 Å². The highest BCUT2D eigenvalue weighted by molar-refractivity contribution is 6.00. The molecule has 0 unspecified atom stereocenters. The zero-order chi connectivity index (χ0) is 14.3. The Morgan fingerprint density at radius 2 is 1.95 bits per heavy atom. The van der Waals surface area contributed by atoms with Gasteiger partial charge in [0, 0.05) is 16.7 Å². The van der Waals surface area contributed by atoms with Crippen LogP contribution in [0.25, 0.3) is 0 Å². The number of hydrogen-bond acceptors (Lipinski definition) is 3. The SMILES string of the molecule is CCC(C(=O)O)=C1NC(C)(C)CC12C=CC(=O)C=C2. The summed E-state index contributed by atoms with van der Waals surface area (Å²) < 4.78 is 0. The van der Waals surface area contributed by atoms with E-state index in [9.17, 15) is 14.7 Å². The Kier molecular flexibility index (Phi) is 3.12. The maximum absolute atomic E-state index is 11.4. The van der Waals surface area contributed by atoms with Gasteiger partial charge in [-0.25, -0.2) is 4.79 Å². The summed E-state index contributed by atoms with van der Waals surface area (Å²) in [7, 11) is 0. The van der Waals surface area contributed by atoms with Crippen molar-refractivity contribution in [3.8, 4) is 0 Å². The normalized spacial score (nSPS) is 25.5. The van der Waals surface area contributed by atoms with Crippen molar-refractivity contribution in [2.45, 2.75) is 39.2 Å². The van der Waals surface area contributed by atoms with Crippen LogP contribution in [-0.4, -0.2) is 22.4 Å². The van der Waals surface area contributed by atoms with Gasteiger partial charge in [0.25, 0.3) is 0 Å². The molecule has 19 heavy (non-hydrogen) atoms. The molecule has 0 atom stereocenters. The van der Waals surface area contributed by atoms with E-state index in [2.05, 4.69) is 5.32 Å². The van der Waals surface area contributed by atoms with E-state index in [1.54, 1.807) is 0 Å². The number of carboxylic acids is 1. The Labute approximate surface area is 112 Å². The van der Waals surface area contributed by atoms with Crippen molar-refractivity contribution in [3.63, 3.8) is 0 Å². The van der Waals surface area contributed by atoms with Crippen LogP contribution < -0.4 is 5.32 Å². The monoisotopic (exact) mass is 261 g/mol. The number of aliphatic carboxylic acids is 1. The third-order valence-corrected chi connectivity index (χ3v) is 3.67. The molecule has 0 aromatic heterocycles. The van der Waals surface area contributed by atoms with Crippen molar-refractivity contribution >= 4 is 11.8 Å². The van der Waals surface area contributed by atoms with Gasteiger partial charge in [-0.1, -0.05) is 19.1 Å². The summed E-state index contributed by atoms with van der Waals surface area (Å²) in [5.74, 6) is -0.955. The van der Waals surface area contributed by atoms with E-state index >= 15 is 0 Å². The largest absolute Gasteiger partial charge is 0.478 e. The van der Waals surface area contributed by atoms with Crippen molar-refractivity contribution < 1.29 is 14.7 Å². The second-order valence-electron chi connectivity index (χ2n) is 5.81. The number of carbonyl (C=O) groups excluding carboxylic acids is 1. The predicted octanol–water partition coefficient (Wildman–Crippen LogP) is 2.19. The molecule has 2 N–H and O–H groups in total. The molecular weight excluding hydrogens is 242 g/mol. The van der Waals surface area contributed by atoms with Gasteiger partial charge in [0.2, 0.25) is 0 Å². The van der Waals surface area contributed by atoms with E-state index in [-0.39, 0.29) is 11.3 Å². The van der Waals surface area contributed by atoms with Crippen molar-refractivity contribution in [3.05, 3.63) is 35.6 Å². The second kappa shape index (κ2) is 4.37. The number of nitrogens with one attached hydrogen (secondary N) is 1. The van der Waals surface area contributed by atoms with Crippen LogP contribution in [-0.2, 0) is 9.59 Å². The highest BCUT2D eigenvalue weighted by atomic mass is 16.4. The fourth-order valence-corrected chi connectivity index (χ4v) is 2.97. The van der Waals surface area contributed by atoms with Crippen LogP contribution in [0.3, 0.4) is 0 Å². The Morgan fingerprint density at radius 3 is 2.42 bits per heavy atom. The zero-order valence-corrected chi connectivity index (χ0v) is 11.5. The summed E-state index contributed by atoms with van der Waals surface area (Å²) >= 11 is 0. The fourth-order valence-electron chi connectivity index (χ4n) is 2.97. The van der Waals surface area contributed by atoms with Crippen LogP contribution >= 0.6 is 0 Å². The van der Waals surface area contributed by atoms with Crippen LogP contribution in [0.2, 0.25) is 0 Å². The van der Waals surface area contributed by atoms with Gasteiger partial charge < -0.3 is 10.4 Å². The van der Waals surface area contributed by atoms with Crippen LogP contribution in [0.15, 0.2) is 35.6 Å². The number of ketones is 1. The molecule has 1 aliphatic carbocycles. The topological polar surface area (TPSA) is 66.4 Å². The molecule has 4 nitrogen and oxygen atoms in total. The Bertz CT molecular complexity index is 508. The molecule has 102 valence electrons. The first-order chi connectivity index (χ1) is 8.80. The second-order valence-corrected chi connectivity index (χ2v) is 5.81. The van der Waals surface area contributed by atoms with Crippen LogP contribution in [0.4, 0.5) is 0 Å². The number of hydrogen-bond donors (Lipinski definition) is 2. The van der Waals surface area contributed by atoms with E-state index in [4.69, 9.17) is 0 Å². The third kappa shape index (κ3) is 2.35. The van der Waals surface area contributed by atoms with Crippen molar-refractivity contribution in [1.82, 2.24) is 5.32 Å². The van der Waals surface area contributed by atoms with Crippen molar-refractivity contribution in [2.24, 2.45) is 5.41 Å². The van der Waals surface area contributed by atoms with Gasteiger partial charge in [0.15, 0.2) is 5.78 Å². The molecule has 4 heteroatoms. The Hall–Kier alpha value is -1.84. The lowest BCUT2D eigenvalue weighted by atomic mass is 9.75. The van der Waals surface area contributed by atoms with Gasteiger partial charge >= 0.3 is 5.97 Å². The lowest BCUT2D eigenvalue weighted by molar-refractivity contribution is -0.132. The molecule has 1 aliphatic heterocycles. The molecule has 1 fully saturated rings. The van der Waals surface area contributed by atoms with E-state index in [1.165, 1.54) is 12.2 Å². The molecule has 1 saturated heterocycles. The highest BCUT2D eigenvalue weighted by Gasteiger charge is 2.46. The number of carbonyl (C=O) groups is 2. The quantitative estimate of drug-likeness (QED) is 0.748. The maximum Gasteiger partial charge on any atom is 0.333 e. The maximum atomic E-state index is 11.4. The molecule has 0 radical (unpaired) electrons. The van der Waals surface area contributed by atoms with E-state index in [0.717, 1.165) is 6.42 Å². The minimum Gasteiger partial charge on any atom is -0.478 e. The summed E-state index contributed by atoms with van der Waals surface area (Å²) in [5, 5.41) is 12.7. The average Bonchev–Trinajstić information content (AvgIpc) is 2.56. The minimum absolute atomic E-state index is 0.0527.